The number of aromatic nitrogens is 8. The van der Waals surface area contributed by atoms with E-state index in [-0.39, 0.29) is 46.2 Å². The Morgan fingerprint density at radius 1 is 1.00 bits per heavy atom. The summed E-state index contributed by atoms with van der Waals surface area (Å²) in [4.78, 5) is 47.0. The van der Waals surface area contributed by atoms with Gasteiger partial charge in [-0.1, -0.05) is 23.2 Å². The number of benzene rings is 2. The normalized spacial score (nSPS) is 11.7. The zero-order chi connectivity index (χ0) is 31.9. The summed E-state index contributed by atoms with van der Waals surface area (Å²) in [5.74, 6) is -2.56. The molecule has 0 aliphatic heterocycles. The topological polar surface area (TPSA) is 144 Å². The number of ether oxygens (including phenoxy) is 1. The largest absolute Gasteiger partial charge is 0.459 e. The smallest absolute Gasteiger partial charge is 0.355 e. The highest BCUT2D eigenvalue weighted by molar-refractivity contribution is 6.34. The van der Waals surface area contributed by atoms with Crippen LogP contribution < -0.4 is 16.7 Å². The third-order valence-corrected chi connectivity index (χ3v) is 6.71. The minimum Gasteiger partial charge on any atom is -0.459 e. The van der Waals surface area contributed by atoms with E-state index in [4.69, 9.17) is 27.9 Å². The molecule has 0 radical (unpaired) electrons. The SMILES string of the molecule is Cn1cnc(Cn2c(=O)nc(Nc3cc4cn(CC(=O)OC(C)(C)C)nc4cc3Cl)n(Cc3cc(Cl)c(F)cc3F)c2=O)n1. The summed E-state index contributed by atoms with van der Waals surface area (Å²) in [6.45, 7) is 4.31. The maximum atomic E-state index is 14.7. The average molecular weight is 648 g/mol. The first kappa shape index (κ1) is 30.8. The Morgan fingerprint density at radius 3 is 2.43 bits per heavy atom. The molecule has 0 aliphatic carbocycles. The van der Waals surface area contributed by atoms with Crippen LogP contribution in [0.1, 0.15) is 32.2 Å². The van der Waals surface area contributed by atoms with Crippen molar-refractivity contribution in [2.45, 2.75) is 46.0 Å². The molecule has 1 N–H and O–H groups in total. The first-order valence-electron chi connectivity index (χ1n) is 13.0. The van der Waals surface area contributed by atoms with Crippen LogP contribution in [-0.4, -0.2) is 50.2 Å². The molecule has 0 saturated heterocycles. The zero-order valence-electron chi connectivity index (χ0n) is 23.8. The Morgan fingerprint density at radius 2 is 1.75 bits per heavy atom. The van der Waals surface area contributed by atoms with Gasteiger partial charge >= 0.3 is 17.3 Å². The van der Waals surface area contributed by atoms with E-state index < -0.39 is 41.1 Å². The number of nitrogens with zero attached hydrogens (tertiary/aromatic N) is 8. The molecular formula is C27H25Cl2F2N9O4. The van der Waals surface area contributed by atoms with E-state index in [9.17, 15) is 23.2 Å². The standard InChI is InChI=1S/C27H25Cl2F2N9O4/c1-27(2,3)44-23(41)12-38-9-15-6-21(17(29)7-20(15)35-38)33-24-34-25(42)40(11-22-32-13-37(4)36-22)26(43)39(24)10-14-5-16(28)19(31)8-18(14)30/h5-9,13H,10-12H2,1-4H3,(H,33,34,42). The van der Waals surface area contributed by atoms with Crippen LogP contribution in [0.15, 0.2) is 46.4 Å². The summed E-state index contributed by atoms with van der Waals surface area (Å²) in [5.41, 5.74) is -1.97. The molecular weight excluding hydrogens is 623 g/mol. The van der Waals surface area contributed by atoms with Crippen LogP contribution in [0.25, 0.3) is 10.9 Å². The lowest BCUT2D eigenvalue weighted by Crippen LogP contribution is -2.43. The second-order valence-electron chi connectivity index (χ2n) is 10.8. The summed E-state index contributed by atoms with van der Waals surface area (Å²) >= 11 is 12.4. The highest BCUT2D eigenvalue weighted by Gasteiger charge is 2.20. The van der Waals surface area contributed by atoms with Gasteiger partial charge in [-0.3, -0.25) is 18.7 Å². The number of carbonyl (C=O) groups is 1. The van der Waals surface area contributed by atoms with Crippen molar-refractivity contribution in [2.24, 2.45) is 7.05 Å². The molecule has 3 aromatic heterocycles. The van der Waals surface area contributed by atoms with Gasteiger partial charge in [0, 0.05) is 30.3 Å². The predicted octanol–water partition coefficient (Wildman–Crippen LogP) is 3.65. The minimum absolute atomic E-state index is 0.138. The van der Waals surface area contributed by atoms with E-state index in [1.165, 1.54) is 21.8 Å². The first-order valence-corrected chi connectivity index (χ1v) is 13.8. The fourth-order valence-electron chi connectivity index (χ4n) is 4.26. The van der Waals surface area contributed by atoms with Crippen molar-refractivity contribution in [3.05, 3.63) is 90.8 Å². The van der Waals surface area contributed by atoms with Crippen molar-refractivity contribution in [1.82, 2.24) is 38.7 Å². The van der Waals surface area contributed by atoms with Crippen LogP contribution in [0.3, 0.4) is 0 Å². The molecule has 0 amide bonds. The maximum Gasteiger partial charge on any atom is 0.355 e. The molecule has 0 spiro atoms. The lowest BCUT2D eigenvalue weighted by atomic mass is 10.2. The van der Waals surface area contributed by atoms with E-state index in [0.717, 1.165) is 15.2 Å². The molecule has 0 fully saturated rings. The van der Waals surface area contributed by atoms with Crippen molar-refractivity contribution in [1.29, 1.82) is 0 Å². The number of nitrogens with one attached hydrogen (secondary N) is 1. The van der Waals surface area contributed by atoms with Crippen molar-refractivity contribution < 1.29 is 18.3 Å². The van der Waals surface area contributed by atoms with E-state index in [2.05, 4.69) is 25.5 Å². The number of halogens is 4. The predicted molar refractivity (Wildman–Crippen MR) is 157 cm³/mol. The number of anilines is 2. The number of rotatable bonds is 8. The molecule has 5 aromatic rings. The fraction of sp³-hybridized carbons (Fsp3) is 0.296. The molecule has 3 heterocycles. The number of hydrogen-bond donors (Lipinski definition) is 1. The minimum atomic E-state index is -0.977. The third kappa shape index (κ3) is 6.78. The van der Waals surface area contributed by atoms with E-state index in [1.807, 2.05) is 0 Å². The Bertz CT molecular complexity index is 2030. The Labute approximate surface area is 257 Å². The van der Waals surface area contributed by atoms with Crippen LogP contribution in [0.4, 0.5) is 20.4 Å². The van der Waals surface area contributed by atoms with E-state index in [1.54, 1.807) is 40.1 Å². The molecule has 0 aliphatic rings. The second kappa shape index (κ2) is 11.8. The number of carbonyl (C=O) groups excluding carboxylic acids is 1. The van der Waals surface area contributed by atoms with Gasteiger partial charge in [-0.05, 0) is 39.0 Å². The molecule has 0 saturated carbocycles. The quantitative estimate of drug-likeness (QED) is 0.197. The molecule has 0 atom stereocenters. The molecule has 0 bridgehead atoms. The molecule has 2 aromatic carbocycles. The lowest BCUT2D eigenvalue weighted by molar-refractivity contribution is -0.155. The molecule has 44 heavy (non-hydrogen) atoms. The molecule has 17 heteroatoms. The second-order valence-corrected chi connectivity index (χ2v) is 11.6. The van der Waals surface area contributed by atoms with Gasteiger partial charge in [0.2, 0.25) is 5.95 Å². The number of aryl methyl sites for hydroxylation is 1. The number of esters is 1. The van der Waals surface area contributed by atoms with E-state index in [0.29, 0.717) is 17.0 Å². The zero-order valence-corrected chi connectivity index (χ0v) is 25.3. The molecule has 5 rings (SSSR count). The van der Waals surface area contributed by atoms with Gasteiger partial charge in [-0.15, -0.1) is 0 Å². The fourth-order valence-corrected chi connectivity index (χ4v) is 4.65. The van der Waals surface area contributed by atoms with Gasteiger partial charge in [0.1, 0.15) is 30.1 Å². The third-order valence-electron chi connectivity index (χ3n) is 6.11. The maximum absolute atomic E-state index is 14.7. The average Bonchev–Trinajstić information content (AvgIpc) is 3.50. The van der Waals surface area contributed by atoms with Gasteiger partial charge in [-0.25, -0.2) is 27.9 Å². The molecule has 230 valence electrons. The number of fused-ring (bicyclic) bond motifs is 1. The highest BCUT2D eigenvalue weighted by Crippen LogP contribution is 2.30. The van der Waals surface area contributed by atoms with Gasteiger partial charge < -0.3 is 10.1 Å². The Hall–Kier alpha value is -4.63. The van der Waals surface area contributed by atoms with Crippen molar-refractivity contribution in [2.75, 3.05) is 5.32 Å². The first-order chi connectivity index (χ1) is 20.7. The number of hydrogen-bond acceptors (Lipinski definition) is 9. The summed E-state index contributed by atoms with van der Waals surface area (Å²) < 4.78 is 38.5. The van der Waals surface area contributed by atoms with Crippen LogP contribution in [0.5, 0.6) is 0 Å². The molecule has 13 nitrogen and oxygen atoms in total. The van der Waals surface area contributed by atoms with Gasteiger partial charge in [0.05, 0.1) is 34.3 Å². The van der Waals surface area contributed by atoms with Crippen molar-refractivity contribution >= 4 is 51.7 Å². The van der Waals surface area contributed by atoms with Crippen LogP contribution >= 0.6 is 23.2 Å². The van der Waals surface area contributed by atoms with Gasteiger partial charge in [0.25, 0.3) is 0 Å². The molecule has 0 unspecified atom stereocenters. The summed E-state index contributed by atoms with van der Waals surface area (Å²) in [5, 5.41) is 11.6. The van der Waals surface area contributed by atoms with Crippen LogP contribution in [0.2, 0.25) is 10.0 Å². The monoisotopic (exact) mass is 647 g/mol. The lowest BCUT2D eigenvalue weighted by Gasteiger charge is -2.19. The summed E-state index contributed by atoms with van der Waals surface area (Å²) in [6.07, 6.45) is 2.99. The van der Waals surface area contributed by atoms with Gasteiger partial charge in [-0.2, -0.15) is 15.2 Å². The Kier molecular flexibility index (Phi) is 8.27. The van der Waals surface area contributed by atoms with Crippen LogP contribution in [-0.2, 0) is 36.2 Å². The van der Waals surface area contributed by atoms with Crippen molar-refractivity contribution in [3.8, 4) is 0 Å². The van der Waals surface area contributed by atoms with Crippen molar-refractivity contribution in [3.63, 3.8) is 0 Å². The van der Waals surface area contributed by atoms with E-state index >= 15 is 0 Å². The van der Waals surface area contributed by atoms with Crippen LogP contribution in [0, 0.1) is 11.6 Å². The Balaban J connectivity index is 1.55. The summed E-state index contributed by atoms with van der Waals surface area (Å²) in [6, 6.07) is 4.72. The van der Waals surface area contributed by atoms with Gasteiger partial charge in [0.15, 0.2) is 5.82 Å². The summed E-state index contributed by atoms with van der Waals surface area (Å²) in [7, 11) is 1.62. The highest BCUT2D eigenvalue weighted by atomic mass is 35.5.